The third kappa shape index (κ3) is 4.00. The summed E-state index contributed by atoms with van der Waals surface area (Å²) in [5.74, 6) is -0.610. The Kier molecular flexibility index (Phi) is 5.30. The van der Waals surface area contributed by atoms with Crippen LogP contribution < -0.4 is 4.90 Å². The van der Waals surface area contributed by atoms with Crippen LogP contribution in [0.25, 0.3) is 0 Å². The van der Waals surface area contributed by atoms with E-state index in [0.717, 1.165) is 16.8 Å². The molecule has 2 atom stereocenters. The summed E-state index contributed by atoms with van der Waals surface area (Å²) in [5.41, 5.74) is 4.64. The van der Waals surface area contributed by atoms with Crippen molar-refractivity contribution in [1.82, 2.24) is 0 Å². The third-order valence-electron chi connectivity index (χ3n) is 5.79. The predicted octanol–water partition coefficient (Wildman–Crippen LogP) is 5.12. The molecule has 0 saturated carbocycles. The zero-order valence-corrected chi connectivity index (χ0v) is 16.8. The zero-order valence-electron chi connectivity index (χ0n) is 16.8. The molecule has 3 aromatic carbocycles. The molecule has 1 fully saturated rings. The Morgan fingerprint density at radius 3 is 1.48 bits per heavy atom. The van der Waals surface area contributed by atoms with Crippen LogP contribution in [-0.2, 0) is 0 Å². The average molecular weight is 383 g/mol. The SMILES string of the molecule is Cc1ccc(C(=O)[C@H]2CN(c3ccccc3)C[C@@H]2C(=O)c2ccc(C)cc2)cc1. The Hall–Kier alpha value is -3.20. The van der Waals surface area contributed by atoms with Crippen molar-refractivity contribution >= 4 is 17.3 Å². The van der Waals surface area contributed by atoms with E-state index in [0.29, 0.717) is 24.2 Å². The molecule has 0 aromatic heterocycles. The molecule has 1 saturated heterocycles. The quantitative estimate of drug-likeness (QED) is 0.574. The second-order valence-corrected chi connectivity index (χ2v) is 7.91. The fraction of sp³-hybridized carbons (Fsp3) is 0.231. The number of carbonyl (C=O) groups excluding carboxylic acids is 2. The number of aryl methyl sites for hydroxylation is 2. The van der Waals surface area contributed by atoms with Gasteiger partial charge in [-0.1, -0.05) is 77.9 Å². The molecule has 146 valence electrons. The summed E-state index contributed by atoms with van der Waals surface area (Å²) >= 11 is 0. The Morgan fingerprint density at radius 1 is 0.655 bits per heavy atom. The molecule has 3 nitrogen and oxygen atoms in total. The maximum absolute atomic E-state index is 13.4. The van der Waals surface area contributed by atoms with Crippen LogP contribution in [0.3, 0.4) is 0 Å². The van der Waals surface area contributed by atoms with Gasteiger partial charge in [0.1, 0.15) is 0 Å². The molecular weight excluding hydrogens is 358 g/mol. The first kappa shape index (κ1) is 19.1. The number of carbonyl (C=O) groups is 2. The van der Waals surface area contributed by atoms with Crippen LogP contribution in [0.2, 0.25) is 0 Å². The van der Waals surface area contributed by atoms with Crippen LogP contribution in [0.15, 0.2) is 78.9 Å². The normalized spacial score (nSPS) is 18.6. The van der Waals surface area contributed by atoms with E-state index in [1.807, 2.05) is 92.7 Å². The third-order valence-corrected chi connectivity index (χ3v) is 5.79. The van der Waals surface area contributed by atoms with Gasteiger partial charge in [-0.25, -0.2) is 0 Å². The van der Waals surface area contributed by atoms with Gasteiger partial charge in [-0.3, -0.25) is 9.59 Å². The number of anilines is 1. The number of para-hydroxylation sites is 1. The minimum absolute atomic E-state index is 0.0499. The van der Waals surface area contributed by atoms with Gasteiger partial charge in [-0.2, -0.15) is 0 Å². The van der Waals surface area contributed by atoms with Crippen LogP contribution in [0, 0.1) is 25.7 Å². The van der Waals surface area contributed by atoms with Crippen LogP contribution in [0.5, 0.6) is 0 Å². The van der Waals surface area contributed by atoms with Gasteiger partial charge < -0.3 is 4.90 Å². The van der Waals surface area contributed by atoms with E-state index in [2.05, 4.69) is 4.90 Å². The smallest absolute Gasteiger partial charge is 0.168 e. The minimum atomic E-state index is -0.355. The number of hydrogen-bond donors (Lipinski definition) is 0. The Balaban J connectivity index is 1.66. The van der Waals surface area contributed by atoms with Gasteiger partial charge in [-0.05, 0) is 26.0 Å². The number of benzene rings is 3. The minimum Gasteiger partial charge on any atom is -0.370 e. The molecule has 0 unspecified atom stereocenters. The highest BCUT2D eigenvalue weighted by Crippen LogP contribution is 2.33. The molecule has 1 heterocycles. The average Bonchev–Trinajstić information content (AvgIpc) is 3.20. The van der Waals surface area contributed by atoms with Crippen molar-refractivity contribution in [2.24, 2.45) is 11.8 Å². The largest absolute Gasteiger partial charge is 0.370 e. The fourth-order valence-corrected chi connectivity index (χ4v) is 4.05. The van der Waals surface area contributed by atoms with Crippen molar-refractivity contribution in [1.29, 1.82) is 0 Å². The number of Topliss-reactive ketones (excluding diaryl/α,β-unsaturated/α-hetero) is 2. The highest BCUT2D eigenvalue weighted by molar-refractivity contribution is 6.06. The van der Waals surface area contributed by atoms with Crippen molar-refractivity contribution in [2.75, 3.05) is 18.0 Å². The van der Waals surface area contributed by atoms with Crippen molar-refractivity contribution in [3.05, 3.63) is 101 Å². The number of rotatable bonds is 5. The number of ketones is 2. The lowest BCUT2D eigenvalue weighted by molar-refractivity contribution is 0.0809. The summed E-state index contributed by atoms with van der Waals surface area (Å²) in [6.45, 7) is 5.12. The van der Waals surface area contributed by atoms with Gasteiger partial charge in [0.2, 0.25) is 0 Å². The van der Waals surface area contributed by atoms with E-state index in [1.54, 1.807) is 0 Å². The highest BCUT2D eigenvalue weighted by Gasteiger charge is 2.42. The zero-order chi connectivity index (χ0) is 20.4. The van der Waals surface area contributed by atoms with Crippen LogP contribution in [0.4, 0.5) is 5.69 Å². The molecule has 4 rings (SSSR count). The van der Waals surface area contributed by atoms with E-state index >= 15 is 0 Å². The van der Waals surface area contributed by atoms with Gasteiger partial charge in [0.05, 0.1) is 11.8 Å². The molecule has 1 aliphatic heterocycles. The first-order valence-electron chi connectivity index (χ1n) is 10.0. The standard InChI is InChI=1S/C26H25NO2/c1-18-8-12-20(13-9-18)25(28)23-16-27(22-6-4-3-5-7-22)17-24(23)26(29)21-14-10-19(2)11-15-21/h3-15,23-24H,16-17H2,1-2H3/t23-,24-/m0/s1. The van der Waals surface area contributed by atoms with E-state index in [9.17, 15) is 9.59 Å². The van der Waals surface area contributed by atoms with Crippen LogP contribution in [-0.4, -0.2) is 24.7 Å². The van der Waals surface area contributed by atoms with E-state index in [-0.39, 0.29) is 23.4 Å². The first-order chi connectivity index (χ1) is 14.0. The van der Waals surface area contributed by atoms with Crippen molar-refractivity contribution < 1.29 is 9.59 Å². The molecular formula is C26H25NO2. The summed E-state index contributed by atoms with van der Waals surface area (Å²) in [4.78, 5) is 28.9. The maximum Gasteiger partial charge on any atom is 0.168 e. The van der Waals surface area contributed by atoms with Crippen molar-refractivity contribution in [2.45, 2.75) is 13.8 Å². The molecule has 0 radical (unpaired) electrons. The lowest BCUT2D eigenvalue weighted by Gasteiger charge is -2.18. The predicted molar refractivity (Wildman–Crippen MR) is 117 cm³/mol. The highest BCUT2D eigenvalue weighted by atomic mass is 16.1. The van der Waals surface area contributed by atoms with Gasteiger partial charge >= 0.3 is 0 Å². The molecule has 0 bridgehead atoms. The maximum atomic E-state index is 13.4. The molecule has 0 aliphatic carbocycles. The van der Waals surface area contributed by atoms with E-state index in [4.69, 9.17) is 0 Å². The Morgan fingerprint density at radius 2 is 1.07 bits per heavy atom. The molecule has 0 spiro atoms. The lowest BCUT2D eigenvalue weighted by Crippen LogP contribution is -2.29. The molecule has 0 N–H and O–H groups in total. The van der Waals surface area contributed by atoms with Crippen molar-refractivity contribution in [3.8, 4) is 0 Å². The summed E-state index contributed by atoms with van der Waals surface area (Å²) in [5, 5.41) is 0. The summed E-state index contributed by atoms with van der Waals surface area (Å²) in [6, 6.07) is 25.3. The molecule has 1 aliphatic rings. The van der Waals surface area contributed by atoms with Crippen LogP contribution >= 0.6 is 0 Å². The van der Waals surface area contributed by atoms with Crippen molar-refractivity contribution in [3.63, 3.8) is 0 Å². The van der Waals surface area contributed by atoms with Crippen LogP contribution in [0.1, 0.15) is 31.8 Å². The lowest BCUT2D eigenvalue weighted by atomic mass is 9.83. The second kappa shape index (κ2) is 8.04. The van der Waals surface area contributed by atoms with Gasteiger partial charge in [-0.15, -0.1) is 0 Å². The number of hydrogen-bond acceptors (Lipinski definition) is 3. The molecule has 0 amide bonds. The van der Waals surface area contributed by atoms with Gasteiger partial charge in [0, 0.05) is 29.9 Å². The van der Waals surface area contributed by atoms with Gasteiger partial charge in [0.15, 0.2) is 11.6 Å². The molecule has 29 heavy (non-hydrogen) atoms. The first-order valence-corrected chi connectivity index (χ1v) is 10.0. The monoisotopic (exact) mass is 383 g/mol. The second-order valence-electron chi connectivity index (χ2n) is 7.91. The summed E-state index contributed by atoms with van der Waals surface area (Å²) < 4.78 is 0. The Labute approximate surface area is 172 Å². The molecule has 3 aromatic rings. The number of nitrogens with zero attached hydrogens (tertiary/aromatic N) is 1. The van der Waals surface area contributed by atoms with E-state index in [1.165, 1.54) is 0 Å². The topological polar surface area (TPSA) is 37.4 Å². The fourth-order valence-electron chi connectivity index (χ4n) is 4.05. The summed E-state index contributed by atoms with van der Waals surface area (Å²) in [7, 11) is 0. The Bertz CT molecular complexity index is 941. The van der Waals surface area contributed by atoms with E-state index < -0.39 is 0 Å². The summed E-state index contributed by atoms with van der Waals surface area (Å²) in [6.07, 6.45) is 0. The molecule has 3 heteroatoms. The van der Waals surface area contributed by atoms with Gasteiger partial charge in [0.25, 0.3) is 0 Å².